The number of rotatable bonds is 3. The van der Waals surface area contributed by atoms with Gasteiger partial charge in [0.25, 0.3) is 0 Å². The van der Waals surface area contributed by atoms with E-state index in [1.807, 2.05) is 35.1 Å². The van der Waals surface area contributed by atoms with Crippen LogP contribution < -0.4 is 10.6 Å². The molecule has 0 radical (unpaired) electrons. The molecule has 0 amide bonds. The van der Waals surface area contributed by atoms with Gasteiger partial charge in [0.15, 0.2) is 5.65 Å². The first-order valence-electron chi connectivity index (χ1n) is 7.73. The Labute approximate surface area is 142 Å². The lowest BCUT2D eigenvalue weighted by molar-refractivity contribution is 0.349. The molecule has 0 atom stereocenters. The molecule has 3 heterocycles. The SMILES string of the molecule is Brc1ccc(Nc2ncnc3c2cnn3C2CCNCC2)cc1. The van der Waals surface area contributed by atoms with E-state index in [0.29, 0.717) is 6.04 Å². The van der Waals surface area contributed by atoms with Crippen molar-refractivity contribution in [2.24, 2.45) is 0 Å². The third-order valence-corrected chi connectivity index (χ3v) is 4.68. The molecule has 0 bridgehead atoms. The number of hydrogen-bond donors (Lipinski definition) is 2. The molecule has 0 aliphatic carbocycles. The number of fused-ring (bicyclic) bond motifs is 1. The number of benzene rings is 1. The summed E-state index contributed by atoms with van der Waals surface area (Å²) in [5.74, 6) is 0.789. The zero-order valence-corrected chi connectivity index (χ0v) is 14.1. The third-order valence-electron chi connectivity index (χ3n) is 4.15. The van der Waals surface area contributed by atoms with Crippen molar-refractivity contribution in [3.05, 3.63) is 41.3 Å². The molecule has 1 aliphatic rings. The van der Waals surface area contributed by atoms with Crippen LogP contribution in [0.4, 0.5) is 11.5 Å². The number of piperidine rings is 1. The van der Waals surface area contributed by atoms with E-state index >= 15 is 0 Å². The van der Waals surface area contributed by atoms with Gasteiger partial charge in [-0.3, -0.25) is 0 Å². The Balaban J connectivity index is 1.68. The predicted molar refractivity (Wildman–Crippen MR) is 93.9 cm³/mol. The fourth-order valence-electron chi connectivity index (χ4n) is 2.95. The highest BCUT2D eigenvalue weighted by molar-refractivity contribution is 9.10. The van der Waals surface area contributed by atoms with Crippen molar-refractivity contribution in [1.29, 1.82) is 0 Å². The standard InChI is InChI=1S/C16H17BrN6/c17-11-1-3-12(4-2-11)22-15-14-9-21-23(16(14)20-10-19-15)13-5-7-18-8-6-13/h1-4,9-10,13,18H,5-8H2,(H,19,20,22). The average molecular weight is 373 g/mol. The van der Waals surface area contributed by atoms with E-state index in [1.165, 1.54) is 0 Å². The number of nitrogens with zero attached hydrogens (tertiary/aromatic N) is 4. The lowest BCUT2D eigenvalue weighted by Gasteiger charge is -2.23. The lowest BCUT2D eigenvalue weighted by atomic mass is 10.1. The van der Waals surface area contributed by atoms with E-state index < -0.39 is 0 Å². The molecule has 1 aromatic carbocycles. The van der Waals surface area contributed by atoms with Gasteiger partial charge in [0.05, 0.1) is 17.6 Å². The van der Waals surface area contributed by atoms with Crippen LogP contribution >= 0.6 is 15.9 Å². The summed E-state index contributed by atoms with van der Waals surface area (Å²) in [5, 5.41) is 12.3. The molecule has 0 unspecified atom stereocenters. The van der Waals surface area contributed by atoms with Crippen LogP contribution in [-0.4, -0.2) is 32.8 Å². The summed E-state index contributed by atoms with van der Waals surface area (Å²) in [6, 6.07) is 8.42. The number of halogens is 1. The summed E-state index contributed by atoms with van der Waals surface area (Å²) in [6.45, 7) is 2.06. The third kappa shape index (κ3) is 2.94. The van der Waals surface area contributed by atoms with E-state index in [2.05, 4.69) is 41.6 Å². The van der Waals surface area contributed by atoms with Gasteiger partial charge < -0.3 is 10.6 Å². The Morgan fingerprint density at radius 1 is 1.13 bits per heavy atom. The molecule has 0 saturated carbocycles. The Bertz CT molecular complexity index is 807. The van der Waals surface area contributed by atoms with Crippen molar-refractivity contribution < 1.29 is 0 Å². The van der Waals surface area contributed by atoms with E-state index in [4.69, 9.17) is 0 Å². The Hall–Kier alpha value is -1.99. The first kappa shape index (κ1) is 14.6. The quantitative estimate of drug-likeness (QED) is 0.738. The summed E-state index contributed by atoms with van der Waals surface area (Å²) >= 11 is 3.45. The summed E-state index contributed by atoms with van der Waals surface area (Å²) in [6.07, 6.45) is 5.62. The Kier molecular flexibility index (Phi) is 3.97. The molecule has 118 valence electrons. The van der Waals surface area contributed by atoms with Crippen molar-refractivity contribution in [2.75, 3.05) is 18.4 Å². The van der Waals surface area contributed by atoms with Gasteiger partial charge in [0.1, 0.15) is 12.1 Å². The summed E-state index contributed by atoms with van der Waals surface area (Å²) in [7, 11) is 0. The molecular weight excluding hydrogens is 356 g/mol. The van der Waals surface area contributed by atoms with Crippen molar-refractivity contribution in [3.63, 3.8) is 0 Å². The molecule has 1 aliphatic heterocycles. The van der Waals surface area contributed by atoms with E-state index in [9.17, 15) is 0 Å². The van der Waals surface area contributed by atoms with Crippen LogP contribution in [0.5, 0.6) is 0 Å². The minimum Gasteiger partial charge on any atom is -0.340 e. The molecule has 1 saturated heterocycles. The van der Waals surface area contributed by atoms with Gasteiger partial charge in [-0.1, -0.05) is 15.9 Å². The molecule has 6 nitrogen and oxygen atoms in total. The minimum atomic E-state index is 0.407. The highest BCUT2D eigenvalue weighted by atomic mass is 79.9. The average Bonchev–Trinajstić information content (AvgIpc) is 3.03. The number of hydrogen-bond acceptors (Lipinski definition) is 5. The van der Waals surface area contributed by atoms with Crippen LogP contribution in [0.3, 0.4) is 0 Å². The highest BCUT2D eigenvalue weighted by Gasteiger charge is 2.19. The molecule has 1 fully saturated rings. The zero-order chi connectivity index (χ0) is 15.6. The van der Waals surface area contributed by atoms with Crippen molar-refractivity contribution in [2.45, 2.75) is 18.9 Å². The second-order valence-electron chi connectivity index (χ2n) is 5.66. The maximum absolute atomic E-state index is 4.57. The van der Waals surface area contributed by atoms with Gasteiger partial charge in [0.2, 0.25) is 0 Å². The molecule has 4 rings (SSSR count). The molecule has 2 aromatic heterocycles. The Morgan fingerprint density at radius 3 is 2.70 bits per heavy atom. The van der Waals surface area contributed by atoms with Gasteiger partial charge in [-0.25, -0.2) is 14.6 Å². The van der Waals surface area contributed by atoms with Gasteiger partial charge in [-0.15, -0.1) is 0 Å². The maximum Gasteiger partial charge on any atom is 0.163 e. The smallest absolute Gasteiger partial charge is 0.163 e. The van der Waals surface area contributed by atoms with Gasteiger partial charge in [-0.2, -0.15) is 5.10 Å². The largest absolute Gasteiger partial charge is 0.340 e. The second-order valence-corrected chi connectivity index (χ2v) is 6.58. The summed E-state index contributed by atoms with van der Waals surface area (Å²) < 4.78 is 3.10. The maximum atomic E-state index is 4.57. The fraction of sp³-hybridized carbons (Fsp3) is 0.312. The van der Waals surface area contributed by atoms with E-state index in [0.717, 1.165) is 52.9 Å². The molecule has 3 aromatic rings. The van der Waals surface area contributed by atoms with Crippen LogP contribution in [0.2, 0.25) is 0 Å². The first-order valence-corrected chi connectivity index (χ1v) is 8.52. The lowest BCUT2D eigenvalue weighted by Crippen LogP contribution is -2.29. The molecule has 2 N–H and O–H groups in total. The molecular formula is C16H17BrN6. The normalized spacial score (nSPS) is 15.9. The number of aromatic nitrogens is 4. The topological polar surface area (TPSA) is 67.7 Å². The van der Waals surface area contributed by atoms with Crippen molar-refractivity contribution >= 4 is 38.5 Å². The van der Waals surface area contributed by atoms with Crippen LogP contribution in [0, 0.1) is 0 Å². The zero-order valence-electron chi connectivity index (χ0n) is 12.5. The number of nitrogens with one attached hydrogen (secondary N) is 2. The van der Waals surface area contributed by atoms with E-state index in [-0.39, 0.29) is 0 Å². The Morgan fingerprint density at radius 2 is 1.91 bits per heavy atom. The first-order chi connectivity index (χ1) is 11.3. The monoisotopic (exact) mass is 372 g/mol. The fourth-order valence-corrected chi connectivity index (χ4v) is 3.21. The molecule has 7 heteroatoms. The van der Waals surface area contributed by atoms with Crippen LogP contribution in [0.15, 0.2) is 41.3 Å². The highest BCUT2D eigenvalue weighted by Crippen LogP contribution is 2.27. The number of anilines is 2. The van der Waals surface area contributed by atoms with E-state index in [1.54, 1.807) is 6.33 Å². The van der Waals surface area contributed by atoms with Gasteiger partial charge in [-0.05, 0) is 50.2 Å². The van der Waals surface area contributed by atoms with Crippen molar-refractivity contribution in [3.8, 4) is 0 Å². The molecule has 0 spiro atoms. The molecule has 23 heavy (non-hydrogen) atoms. The van der Waals surface area contributed by atoms with Crippen LogP contribution in [0.25, 0.3) is 11.0 Å². The predicted octanol–water partition coefficient (Wildman–Crippen LogP) is 3.26. The van der Waals surface area contributed by atoms with Crippen molar-refractivity contribution in [1.82, 2.24) is 25.1 Å². The van der Waals surface area contributed by atoms with Gasteiger partial charge >= 0.3 is 0 Å². The summed E-state index contributed by atoms with van der Waals surface area (Å²) in [5.41, 5.74) is 1.88. The van der Waals surface area contributed by atoms with Crippen LogP contribution in [0.1, 0.15) is 18.9 Å². The minimum absolute atomic E-state index is 0.407. The van der Waals surface area contributed by atoms with Gasteiger partial charge in [0, 0.05) is 10.2 Å². The summed E-state index contributed by atoms with van der Waals surface area (Å²) in [4.78, 5) is 8.84. The van der Waals surface area contributed by atoms with Crippen LogP contribution in [-0.2, 0) is 0 Å². The second kappa shape index (κ2) is 6.25.